The van der Waals surface area contributed by atoms with Gasteiger partial charge in [-0.3, -0.25) is 0 Å². The molecule has 0 unspecified atom stereocenters. The van der Waals surface area contributed by atoms with Gasteiger partial charge in [0, 0.05) is 0 Å². The quantitative estimate of drug-likeness (QED) is 0.739. The van der Waals surface area contributed by atoms with Crippen LogP contribution in [0.25, 0.3) is 0 Å². The molecule has 0 saturated carbocycles. The summed E-state index contributed by atoms with van der Waals surface area (Å²) in [5.41, 5.74) is 0. The van der Waals surface area contributed by atoms with E-state index in [1.807, 2.05) is 0 Å². The zero-order valence-electron chi connectivity index (χ0n) is 8.27. The number of esters is 1. The smallest absolute Gasteiger partial charge is 0.459 e. The summed E-state index contributed by atoms with van der Waals surface area (Å²) in [5.74, 6) is -1.72. The second-order valence-electron chi connectivity index (χ2n) is 3.62. The average Bonchev–Trinajstić information content (AvgIpc) is 2.18. The van der Waals surface area contributed by atoms with E-state index >= 15 is 0 Å². The van der Waals surface area contributed by atoms with Crippen LogP contribution < -0.4 is 5.32 Å². The standard InChI is InChI=1S/C9H14F3NO2/c10-9(11,12)8(14)15-6-3-7-1-4-13-5-2-7/h7,13H,1-6H2. The first-order chi connectivity index (χ1) is 7.00. The molecule has 1 N–H and O–H groups in total. The fourth-order valence-corrected chi connectivity index (χ4v) is 1.57. The molecule has 0 aromatic heterocycles. The van der Waals surface area contributed by atoms with Crippen molar-refractivity contribution in [3.8, 4) is 0 Å². The largest absolute Gasteiger partial charge is 0.490 e. The van der Waals surface area contributed by atoms with E-state index in [1.165, 1.54) is 0 Å². The SMILES string of the molecule is O=C(OCCC1CCNCC1)C(F)(F)F. The van der Waals surface area contributed by atoms with Crippen LogP contribution >= 0.6 is 0 Å². The predicted molar refractivity (Wildman–Crippen MR) is 47.2 cm³/mol. The number of nitrogens with one attached hydrogen (secondary N) is 1. The van der Waals surface area contributed by atoms with Crippen molar-refractivity contribution in [2.75, 3.05) is 19.7 Å². The lowest BCUT2D eigenvalue weighted by Gasteiger charge is -2.22. The minimum atomic E-state index is -4.87. The highest BCUT2D eigenvalue weighted by molar-refractivity contribution is 5.75. The summed E-state index contributed by atoms with van der Waals surface area (Å²) in [5, 5.41) is 3.15. The van der Waals surface area contributed by atoms with Crippen molar-refractivity contribution in [1.29, 1.82) is 0 Å². The maximum Gasteiger partial charge on any atom is 0.490 e. The van der Waals surface area contributed by atoms with Crippen LogP contribution in [0.4, 0.5) is 13.2 Å². The molecule has 1 aliphatic rings. The van der Waals surface area contributed by atoms with E-state index in [-0.39, 0.29) is 6.61 Å². The van der Waals surface area contributed by atoms with Crippen LogP contribution in [0, 0.1) is 5.92 Å². The molecule has 0 aliphatic carbocycles. The number of rotatable bonds is 3. The van der Waals surface area contributed by atoms with Gasteiger partial charge in [-0.25, -0.2) is 4.79 Å². The Morgan fingerprint density at radius 3 is 2.47 bits per heavy atom. The topological polar surface area (TPSA) is 38.3 Å². The fourth-order valence-electron chi connectivity index (χ4n) is 1.57. The molecule has 0 amide bonds. The van der Waals surface area contributed by atoms with Gasteiger partial charge in [-0.2, -0.15) is 13.2 Å². The molecule has 0 aromatic carbocycles. The minimum Gasteiger partial charge on any atom is -0.459 e. The molecule has 0 aromatic rings. The van der Waals surface area contributed by atoms with Crippen LogP contribution in [0.15, 0.2) is 0 Å². The van der Waals surface area contributed by atoms with E-state index in [2.05, 4.69) is 10.1 Å². The number of piperidine rings is 1. The lowest BCUT2D eigenvalue weighted by atomic mass is 9.95. The van der Waals surface area contributed by atoms with Crippen LogP contribution in [0.5, 0.6) is 0 Å². The van der Waals surface area contributed by atoms with Crippen LogP contribution in [0.1, 0.15) is 19.3 Å². The van der Waals surface area contributed by atoms with Crippen molar-refractivity contribution in [3.05, 3.63) is 0 Å². The van der Waals surface area contributed by atoms with Crippen molar-refractivity contribution in [2.24, 2.45) is 5.92 Å². The number of carbonyl (C=O) groups is 1. The van der Waals surface area contributed by atoms with E-state index in [4.69, 9.17) is 0 Å². The summed E-state index contributed by atoms with van der Waals surface area (Å²) in [6.07, 6.45) is -2.48. The van der Waals surface area contributed by atoms with E-state index < -0.39 is 12.1 Å². The van der Waals surface area contributed by atoms with Crippen LogP contribution in [0.2, 0.25) is 0 Å². The molecule has 1 saturated heterocycles. The Balaban J connectivity index is 2.12. The molecular formula is C9H14F3NO2. The van der Waals surface area contributed by atoms with Gasteiger partial charge in [-0.1, -0.05) is 0 Å². The van der Waals surface area contributed by atoms with Crippen molar-refractivity contribution in [1.82, 2.24) is 5.32 Å². The lowest BCUT2D eigenvalue weighted by Crippen LogP contribution is -2.30. The van der Waals surface area contributed by atoms with Gasteiger partial charge in [0.1, 0.15) is 0 Å². The number of alkyl halides is 3. The first-order valence-corrected chi connectivity index (χ1v) is 4.95. The summed E-state index contributed by atoms with van der Waals surface area (Å²) in [6, 6.07) is 0. The van der Waals surface area contributed by atoms with Crippen molar-refractivity contribution in [3.63, 3.8) is 0 Å². The van der Waals surface area contributed by atoms with Gasteiger partial charge < -0.3 is 10.1 Å². The maximum atomic E-state index is 11.7. The molecule has 1 rings (SSSR count). The summed E-state index contributed by atoms with van der Waals surface area (Å²) >= 11 is 0. The molecule has 0 spiro atoms. The first kappa shape index (κ1) is 12.3. The van der Waals surface area contributed by atoms with Crippen LogP contribution in [-0.2, 0) is 9.53 Å². The average molecular weight is 225 g/mol. The Bertz CT molecular complexity index is 212. The summed E-state index contributed by atoms with van der Waals surface area (Å²) < 4.78 is 39.3. The van der Waals surface area contributed by atoms with Crippen molar-refractivity contribution < 1.29 is 22.7 Å². The van der Waals surface area contributed by atoms with Gasteiger partial charge in [0.2, 0.25) is 0 Å². The Hall–Kier alpha value is -0.780. The third-order valence-electron chi connectivity index (χ3n) is 2.45. The highest BCUT2D eigenvalue weighted by Gasteiger charge is 2.40. The van der Waals surface area contributed by atoms with Gasteiger partial charge in [0.25, 0.3) is 0 Å². The highest BCUT2D eigenvalue weighted by Crippen LogP contribution is 2.19. The molecule has 0 radical (unpaired) electrons. The second kappa shape index (κ2) is 5.34. The molecule has 1 heterocycles. The number of hydrogen-bond acceptors (Lipinski definition) is 3. The van der Waals surface area contributed by atoms with Crippen molar-refractivity contribution in [2.45, 2.75) is 25.4 Å². The predicted octanol–water partition coefficient (Wildman–Crippen LogP) is 1.48. The third-order valence-corrected chi connectivity index (χ3v) is 2.45. The normalized spacial score (nSPS) is 18.9. The highest BCUT2D eigenvalue weighted by atomic mass is 19.4. The van der Waals surface area contributed by atoms with Crippen molar-refractivity contribution >= 4 is 5.97 Å². The molecule has 0 bridgehead atoms. The van der Waals surface area contributed by atoms with Gasteiger partial charge in [0.05, 0.1) is 6.61 Å². The monoisotopic (exact) mass is 225 g/mol. The molecule has 1 aliphatic heterocycles. The summed E-state index contributed by atoms with van der Waals surface area (Å²) in [7, 11) is 0. The van der Waals surface area contributed by atoms with E-state index in [0.717, 1.165) is 25.9 Å². The Kier molecular flexibility index (Phi) is 4.38. The van der Waals surface area contributed by atoms with Gasteiger partial charge in [0.15, 0.2) is 0 Å². The number of hydrogen-bond donors (Lipinski definition) is 1. The summed E-state index contributed by atoms with van der Waals surface area (Å²) in [6.45, 7) is 1.64. The number of halogens is 3. The molecule has 15 heavy (non-hydrogen) atoms. The molecule has 6 heteroatoms. The third kappa shape index (κ3) is 4.51. The molecule has 3 nitrogen and oxygen atoms in total. The Morgan fingerprint density at radius 1 is 1.33 bits per heavy atom. The molecule has 88 valence electrons. The first-order valence-electron chi connectivity index (χ1n) is 4.95. The van der Waals surface area contributed by atoms with E-state index in [0.29, 0.717) is 12.3 Å². The number of ether oxygens (including phenoxy) is 1. The Labute approximate surface area is 86.0 Å². The fraction of sp³-hybridized carbons (Fsp3) is 0.889. The van der Waals surface area contributed by atoms with Gasteiger partial charge >= 0.3 is 12.1 Å². The molecular weight excluding hydrogens is 211 g/mol. The Morgan fingerprint density at radius 2 is 1.93 bits per heavy atom. The minimum absolute atomic E-state index is 0.136. The maximum absolute atomic E-state index is 11.7. The number of carbonyl (C=O) groups excluding carboxylic acids is 1. The molecule has 1 fully saturated rings. The van der Waals surface area contributed by atoms with E-state index in [9.17, 15) is 18.0 Å². The molecule has 0 atom stereocenters. The zero-order valence-corrected chi connectivity index (χ0v) is 8.27. The summed E-state index contributed by atoms with van der Waals surface area (Å²) in [4.78, 5) is 10.3. The van der Waals surface area contributed by atoms with E-state index in [1.54, 1.807) is 0 Å². The van der Waals surface area contributed by atoms with Crippen LogP contribution in [0.3, 0.4) is 0 Å². The zero-order chi connectivity index (χ0) is 11.3. The second-order valence-corrected chi connectivity index (χ2v) is 3.62. The van der Waals surface area contributed by atoms with Gasteiger partial charge in [-0.05, 0) is 38.3 Å². The van der Waals surface area contributed by atoms with Crippen LogP contribution in [-0.4, -0.2) is 31.8 Å². The lowest BCUT2D eigenvalue weighted by molar-refractivity contribution is -0.200. The van der Waals surface area contributed by atoms with Gasteiger partial charge in [-0.15, -0.1) is 0 Å².